The number of thioether (sulfide) groups is 1. The van der Waals surface area contributed by atoms with Crippen molar-refractivity contribution in [3.05, 3.63) is 27.6 Å². The van der Waals surface area contributed by atoms with Crippen molar-refractivity contribution < 1.29 is 9.63 Å². The summed E-state index contributed by atoms with van der Waals surface area (Å²) >= 11 is 3.95. The van der Waals surface area contributed by atoms with Crippen LogP contribution < -0.4 is 0 Å². The number of aromatic hydroxyl groups is 1. The van der Waals surface area contributed by atoms with Crippen molar-refractivity contribution >= 4 is 34.4 Å². The second kappa shape index (κ2) is 5.08. The van der Waals surface area contributed by atoms with Crippen LogP contribution in [0.5, 0.6) is 5.75 Å². The third kappa shape index (κ3) is 2.35. The molecule has 6 heteroatoms. The lowest BCUT2D eigenvalue weighted by atomic mass is 10.2. The highest BCUT2D eigenvalue weighted by atomic mass is 127. The molecule has 2 heterocycles. The highest BCUT2D eigenvalue weighted by molar-refractivity contribution is 14.1. The summed E-state index contributed by atoms with van der Waals surface area (Å²) in [5, 5.41) is 14.1. The molecule has 1 fully saturated rings. The first-order chi connectivity index (χ1) is 8.74. The van der Waals surface area contributed by atoms with Gasteiger partial charge >= 0.3 is 0 Å². The van der Waals surface area contributed by atoms with E-state index in [-0.39, 0.29) is 5.75 Å². The van der Waals surface area contributed by atoms with Crippen LogP contribution >= 0.6 is 34.4 Å². The predicted molar refractivity (Wildman–Crippen MR) is 78.5 cm³/mol. The van der Waals surface area contributed by atoms with Gasteiger partial charge in [0.15, 0.2) is 5.82 Å². The monoisotopic (exact) mass is 374 g/mol. The number of hydrogen-bond donors (Lipinski definition) is 1. The van der Waals surface area contributed by atoms with Crippen molar-refractivity contribution in [2.75, 3.05) is 5.75 Å². The van der Waals surface area contributed by atoms with Crippen LogP contribution in [-0.4, -0.2) is 21.0 Å². The Kier molecular flexibility index (Phi) is 3.47. The topological polar surface area (TPSA) is 59.2 Å². The van der Waals surface area contributed by atoms with Crippen molar-refractivity contribution in [3.63, 3.8) is 0 Å². The van der Waals surface area contributed by atoms with Gasteiger partial charge in [-0.25, -0.2) is 0 Å². The second-order valence-corrected chi connectivity index (χ2v) is 6.60. The smallest absolute Gasteiger partial charge is 0.258 e. The Labute approximate surface area is 122 Å². The molecule has 0 radical (unpaired) electrons. The Balaban J connectivity index is 1.89. The van der Waals surface area contributed by atoms with E-state index in [1.54, 1.807) is 6.07 Å². The van der Waals surface area contributed by atoms with E-state index in [0.29, 0.717) is 11.1 Å². The van der Waals surface area contributed by atoms with Crippen LogP contribution in [0.2, 0.25) is 0 Å². The van der Waals surface area contributed by atoms with Gasteiger partial charge in [0, 0.05) is 5.56 Å². The van der Waals surface area contributed by atoms with Gasteiger partial charge in [-0.15, -0.1) is 0 Å². The minimum atomic E-state index is 0.239. The molecule has 1 aliphatic rings. The van der Waals surface area contributed by atoms with Gasteiger partial charge in [-0.2, -0.15) is 16.7 Å². The Morgan fingerprint density at radius 2 is 2.33 bits per heavy atom. The number of hydrogen-bond acceptors (Lipinski definition) is 5. The SMILES string of the molecule is Oc1cc(-c2nc(C3CCCS3)no2)ccc1I. The van der Waals surface area contributed by atoms with Gasteiger partial charge in [-0.05, 0) is 59.4 Å². The molecule has 0 saturated carbocycles. The molecule has 94 valence electrons. The number of rotatable bonds is 2. The number of benzene rings is 1. The number of phenolic OH excluding ortho intramolecular Hbond substituents is 1. The Morgan fingerprint density at radius 1 is 1.44 bits per heavy atom. The van der Waals surface area contributed by atoms with Crippen LogP contribution in [0.4, 0.5) is 0 Å². The summed E-state index contributed by atoms with van der Waals surface area (Å²) in [6.07, 6.45) is 2.32. The van der Waals surface area contributed by atoms with Gasteiger partial charge in [0.1, 0.15) is 5.75 Å². The van der Waals surface area contributed by atoms with E-state index in [4.69, 9.17) is 4.52 Å². The third-order valence-electron chi connectivity index (χ3n) is 2.85. The first-order valence-corrected chi connectivity index (χ1v) is 7.81. The third-order valence-corrected chi connectivity index (χ3v) is 5.14. The number of phenols is 1. The molecular formula is C12H11IN2O2S. The molecule has 1 aromatic heterocycles. The van der Waals surface area contributed by atoms with Gasteiger partial charge in [-0.3, -0.25) is 0 Å². The molecule has 1 saturated heterocycles. The first kappa shape index (κ1) is 12.3. The highest BCUT2D eigenvalue weighted by Gasteiger charge is 2.23. The van der Waals surface area contributed by atoms with E-state index >= 15 is 0 Å². The summed E-state index contributed by atoms with van der Waals surface area (Å²) in [5.74, 6) is 2.65. The molecule has 18 heavy (non-hydrogen) atoms. The Hall–Kier alpha value is -0.760. The zero-order valence-electron chi connectivity index (χ0n) is 9.47. The van der Waals surface area contributed by atoms with Crippen LogP contribution in [0, 0.1) is 3.57 Å². The Morgan fingerprint density at radius 3 is 3.06 bits per heavy atom. The number of halogens is 1. The minimum absolute atomic E-state index is 0.239. The highest BCUT2D eigenvalue weighted by Crippen LogP contribution is 2.39. The normalized spacial score (nSPS) is 19.3. The quantitative estimate of drug-likeness (QED) is 0.814. The average Bonchev–Trinajstić information content (AvgIpc) is 3.01. The van der Waals surface area contributed by atoms with Gasteiger partial charge in [0.2, 0.25) is 0 Å². The lowest BCUT2D eigenvalue weighted by molar-refractivity contribution is 0.420. The molecule has 0 spiro atoms. The molecule has 1 aromatic carbocycles. The maximum atomic E-state index is 9.68. The molecule has 3 rings (SSSR count). The summed E-state index contributed by atoms with van der Waals surface area (Å²) in [7, 11) is 0. The number of nitrogens with zero attached hydrogens (tertiary/aromatic N) is 2. The largest absolute Gasteiger partial charge is 0.507 e. The summed E-state index contributed by atoms with van der Waals surface area (Å²) in [6.45, 7) is 0. The van der Waals surface area contributed by atoms with Crippen LogP contribution in [0.1, 0.15) is 23.9 Å². The van der Waals surface area contributed by atoms with Gasteiger partial charge in [-0.1, -0.05) is 5.16 Å². The van der Waals surface area contributed by atoms with Crippen molar-refractivity contribution in [2.24, 2.45) is 0 Å². The maximum absolute atomic E-state index is 9.68. The van der Waals surface area contributed by atoms with Crippen molar-refractivity contribution in [3.8, 4) is 17.2 Å². The molecule has 1 N–H and O–H groups in total. The van der Waals surface area contributed by atoms with Gasteiger partial charge in [0.25, 0.3) is 5.89 Å². The van der Waals surface area contributed by atoms with E-state index in [2.05, 4.69) is 32.7 Å². The number of aromatic nitrogens is 2. The first-order valence-electron chi connectivity index (χ1n) is 5.68. The fraction of sp³-hybridized carbons (Fsp3) is 0.333. The maximum Gasteiger partial charge on any atom is 0.258 e. The predicted octanol–water partition coefficient (Wildman–Crippen LogP) is 3.61. The van der Waals surface area contributed by atoms with Crippen LogP contribution in [0.3, 0.4) is 0 Å². The molecule has 4 nitrogen and oxygen atoms in total. The van der Waals surface area contributed by atoms with Crippen molar-refractivity contribution in [1.29, 1.82) is 0 Å². The molecule has 1 atom stereocenters. The van der Waals surface area contributed by atoms with Gasteiger partial charge < -0.3 is 9.63 Å². The van der Waals surface area contributed by atoms with E-state index < -0.39 is 0 Å². The summed E-state index contributed by atoms with van der Waals surface area (Å²) in [6, 6.07) is 5.36. The molecular weight excluding hydrogens is 363 g/mol. The lowest BCUT2D eigenvalue weighted by Crippen LogP contribution is -1.91. The van der Waals surface area contributed by atoms with Crippen molar-refractivity contribution in [1.82, 2.24) is 10.1 Å². The van der Waals surface area contributed by atoms with Crippen LogP contribution in [-0.2, 0) is 0 Å². The molecule has 1 aliphatic heterocycles. The van der Waals surface area contributed by atoms with Crippen LogP contribution in [0.15, 0.2) is 22.7 Å². The zero-order valence-corrected chi connectivity index (χ0v) is 12.4. The standard InChI is InChI=1S/C12H11IN2O2S/c13-8-4-3-7(6-9(8)16)12-14-11(15-17-12)10-2-1-5-18-10/h3-4,6,10,16H,1-2,5H2. The molecule has 1 unspecified atom stereocenters. The second-order valence-electron chi connectivity index (χ2n) is 4.13. The van der Waals surface area contributed by atoms with Crippen molar-refractivity contribution in [2.45, 2.75) is 18.1 Å². The Bertz CT molecular complexity index is 567. The molecule has 0 aliphatic carbocycles. The minimum Gasteiger partial charge on any atom is -0.507 e. The van der Waals surface area contributed by atoms with E-state index in [9.17, 15) is 5.11 Å². The average molecular weight is 374 g/mol. The van der Waals surface area contributed by atoms with Crippen LogP contribution in [0.25, 0.3) is 11.5 Å². The molecule has 2 aromatic rings. The summed E-state index contributed by atoms with van der Waals surface area (Å²) in [4.78, 5) is 4.42. The molecule has 0 bridgehead atoms. The zero-order chi connectivity index (χ0) is 12.5. The fourth-order valence-corrected chi connectivity index (χ4v) is 3.44. The lowest BCUT2D eigenvalue weighted by Gasteiger charge is -2.00. The summed E-state index contributed by atoms with van der Waals surface area (Å²) < 4.78 is 6.08. The summed E-state index contributed by atoms with van der Waals surface area (Å²) in [5.41, 5.74) is 0.759. The molecule has 0 amide bonds. The fourth-order valence-electron chi connectivity index (χ4n) is 1.91. The van der Waals surface area contributed by atoms with Gasteiger partial charge in [0.05, 0.1) is 8.82 Å². The van der Waals surface area contributed by atoms with E-state index in [1.807, 2.05) is 23.9 Å². The van der Waals surface area contributed by atoms with E-state index in [1.165, 1.54) is 12.2 Å². The van der Waals surface area contributed by atoms with E-state index in [0.717, 1.165) is 21.4 Å².